The second-order valence-corrected chi connectivity index (χ2v) is 5.89. The molecule has 0 aliphatic carbocycles. The van der Waals surface area contributed by atoms with Crippen LogP contribution in [0.25, 0.3) is 0 Å². The van der Waals surface area contributed by atoms with E-state index < -0.39 is 17.6 Å². The van der Waals surface area contributed by atoms with Crippen molar-refractivity contribution in [1.29, 1.82) is 5.26 Å². The molecule has 0 aromatic heterocycles. The number of alkyl halides is 3. The Kier molecular flexibility index (Phi) is 5.65. The minimum absolute atomic E-state index is 0.0359. The van der Waals surface area contributed by atoms with Crippen LogP contribution in [0.2, 0.25) is 0 Å². The van der Waals surface area contributed by atoms with E-state index in [1.165, 1.54) is 18.2 Å². The molecule has 0 fully saturated rings. The molecule has 7 heteroatoms. The minimum atomic E-state index is -4.59. The first-order chi connectivity index (χ1) is 11.7. The molecule has 0 radical (unpaired) electrons. The highest BCUT2D eigenvalue weighted by atomic mass is 19.4. The smallest absolute Gasteiger partial charge is 0.380 e. The van der Waals surface area contributed by atoms with Crippen LogP contribution in [0.5, 0.6) is 0 Å². The predicted octanol–water partition coefficient (Wildman–Crippen LogP) is 4.39. The number of halogens is 4. The molecule has 2 aromatic carbocycles. The molecule has 3 nitrogen and oxygen atoms in total. The summed E-state index contributed by atoms with van der Waals surface area (Å²) in [5.41, 5.74) is -0.0990. The van der Waals surface area contributed by atoms with Gasteiger partial charge in [0.1, 0.15) is 5.82 Å². The van der Waals surface area contributed by atoms with Crippen molar-refractivity contribution in [1.82, 2.24) is 4.90 Å². The predicted molar refractivity (Wildman–Crippen MR) is 87.3 cm³/mol. The van der Waals surface area contributed by atoms with Crippen molar-refractivity contribution in [2.75, 3.05) is 19.4 Å². The molecule has 0 bridgehead atoms. The molecule has 25 heavy (non-hydrogen) atoms. The lowest BCUT2D eigenvalue weighted by Crippen LogP contribution is -2.13. The molecule has 2 aromatic rings. The average molecular weight is 351 g/mol. The van der Waals surface area contributed by atoms with Crippen molar-refractivity contribution in [3.8, 4) is 6.07 Å². The molecule has 0 aliphatic rings. The molecule has 0 atom stereocenters. The number of hydrogen-bond acceptors (Lipinski definition) is 3. The van der Waals surface area contributed by atoms with Crippen molar-refractivity contribution < 1.29 is 17.6 Å². The summed E-state index contributed by atoms with van der Waals surface area (Å²) < 4.78 is 53.4. The number of hydrogen-bond donors (Lipinski definition) is 1. The van der Waals surface area contributed by atoms with Gasteiger partial charge in [-0.25, -0.2) is 4.39 Å². The van der Waals surface area contributed by atoms with Crippen molar-refractivity contribution in [3.63, 3.8) is 0 Å². The lowest BCUT2D eigenvalue weighted by atomic mass is 10.1. The zero-order valence-corrected chi connectivity index (χ0v) is 13.8. The highest BCUT2D eigenvalue weighted by Gasteiger charge is 2.33. The van der Waals surface area contributed by atoms with Gasteiger partial charge in [-0.15, -0.1) is 0 Å². The summed E-state index contributed by atoms with van der Waals surface area (Å²) >= 11 is 0. The van der Waals surface area contributed by atoms with E-state index in [9.17, 15) is 17.6 Å². The summed E-state index contributed by atoms with van der Waals surface area (Å²) in [6.45, 7) is 0.474. The lowest BCUT2D eigenvalue weighted by Gasteiger charge is -2.16. The summed E-state index contributed by atoms with van der Waals surface area (Å²) in [4.78, 5) is 1.82. The quantitative estimate of drug-likeness (QED) is 0.812. The first-order valence-corrected chi connectivity index (χ1v) is 7.48. The van der Waals surface area contributed by atoms with Crippen LogP contribution in [0.1, 0.15) is 22.3 Å². The number of benzene rings is 2. The molecule has 0 spiro atoms. The van der Waals surface area contributed by atoms with Crippen LogP contribution in [-0.4, -0.2) is 19.0 Å². The molecule has 0 amide bonds. The SMILES string of the molecule is CN(C)Cc1ccc(CNc2ccc(C#N)cc2C(F)(F)F)cc1F. The second-order valence-electron chi connectivity index (χ2n) is 5.89. The highest BCUT2D eigenvalue weighted by Crippen LogP contribution is 2.35. The Morgan fingerprint density at radius 3 is 2.40 bits per heavy atom. The summed E-state index contributed by atoms with van der Waals surface area (Å²) in [6.07, 6.45) is -4.59. The molecular weight excluding hydrogens is 334 g/mol. The largest absolute Gasteiger partial charge is 0.418 e. The van der Waals surface area contributed by atoms with E-state index in [2.05, 4.69) is 5.32 Å². The normalized spacial score (nSPS) is 11.4. The van der Waals surface area contributed by atoms with Gasteiger partial charge in [-0.3, -0.25) is 0 Å². The average Bonchev–Trinajstić information content (AvgIpc) is 2.54. The Hall–Kier alpha value is -2.59. The van der Waals surface area contributed by atoms with E-state index in [-0.39, 0.29) is 17.8 Å². The van der Waals surface area contributed by atoms with Gasteiger partial charge in [-0.05, 0) is 43.9 Å². The van der Waals surface area contributed by atoms with Gasteiger partial charge >= 0.3 is 6.18 Å². The van der Waals surface area contributed by atoms with Gasteiger partial charge in [-0.2, -0.15) is 18.4 Å². The van der Waals surface area contributed by atoms with Gasteiger partial charge in [0.25, 0.3) is 0 Å². The van der Waals surface area contributed by atoms with Crippen molar-refractivity contribution in [3.05, 3.63) is 64.5 Å². The van der Waals surface area contributed by atoms with E-state index in [0.717, 1.165) is 6.07 Å². The topological polar surface area (TPSA) is 39.1 Å². The van der Waals surface area contributed by atoms with Crippen molar-refractivity contribution >= 4 is 5.69 Å². The molecule has 2 rings (SSSR count). The summed E-state index contributed by atoms with van der Waals surface area (Å²) in [5, 5.41) is 11.4. The number of nitriles is 1. The Balaban J connectivity index is 2.19. The Labute approximate surface area is 143 Å². The van der Waals surface area contributed by atoms with Crippen LogP contribution >= 0.6 is 0 Å². The van der Waals surface area contributed by atoms with Gasteiger partial charge in [0, 0.05) is 24.3 Å². The first-order valence-electron chi connectivity index (χ1n) is 7.48. The van der Waals surface area contributed by atoms with Crippen LogP contribution in [-0.2, 0) is 19.3 Å². The molecule has 0 unspecified atom stereocenters. The highest BCUT2D eigenvalue weighted by molar-refractivity contribution is 5.56. The minimum Gasteiger partial charge on any atom is -0.380 e. The second kappa shape index (κ2) is 7.53. The molecular formula is C18H17F4N3. The molecule has 0 heterocycles. The molecule has 0 aliphatic heterocycles. The molecule has 132 valence electrons. The maximum atomic E-state index is 14.0. The number of anilines is 1. The van der Waals surface area contributed by atoms with Crippen LogP contribution < -0.4 is 5.32 Å². The third kappa shape index (κ3) is 4.94. The maximum absolute atomic E-state index is 14.0. The van der Waals surface area contributed by atoms with Gasteiger partial charge in [-0.1, -0.05) is 12.1 Å². The molecule has 1 N–H and O–H groups in total. The third-order valence-electron chi connectivity index (χ3n) is 3.54. The van der Waals surface area contributed by atoms with Crippen LogP contribution in [0.4, 0.5) is 23.2 Å². The van der Waals surface area contributed by atoms with Crippen molar-refractivity contribution in [2.45, 2.75) is 19.3 Å². The van der Waals surface area contributed by atoms with Crippen molar-refractivity contribution in [2.24, 2.45) is 0 Å². The van der Waals surface area contributed by atoms with Gasteiger partial charge in [0.15, 0.2) is 0 Å². The van der Waals surface area contributed by atoms with Crippen LogP contribution in [0.3, 0.4) is 0 Å². The molecule has 0 saturated carbocycles. The molecule has 0 saturated heterocycles. The van der Waals surface area contributed by atoms with E-state index in [0.29, 0.717) is 17.7 Å². The lowest BCUT2D eigenvalue weighted by molar-refractivity contribution is -0.137. The van der Waals surface area contributed by atoms with Crippen LogP contribution in [0, 0.1) is 17.1 Å². The van der Waals surface area contributed by atoms with Crippen LogP contribution in [0.15, 0.2) is 36.4 Å². The fourth-order valence-electron chi connectivity index (χ4n) is 2.37. The summed E-state index contributed by atoms with van der Waals surface area (Å²) in [6, 6.07) is 9.60. The Bertz CT molecular complexity index is 792. The maximum Gasteiger partial charge on any atom is 0.418 e. The van der Waals surface area contributed by atoms with Gasteiger partial charge in [0.2, 0.25) is 0 Å². The monoisotopic (exact) mass is 351 g/mol. The fraction of sp³-hybridized carbons (Fsp3) is 0.278. The van der Waals surface area contributed by atoms with E-state index in [4.69, 9.17) is 5.26 Å². The Morgan fingerprint density at radius 2 is 1.84 bits per heavy atom. The zero-order chi connectivity index (χ0) is 18.6. The fourth-order valence-corrected chi connectivity index (χ4v) is 2.37. The standard InChI is InChI=1S/C18H17F4N3/c1-25(2)11-14-5-3-13(8-16(14)19)10-24-17-6-4-12(9-23)7-15(17)18(20,21)22/h3-8,24H,10-11H2,1-2H3. The number of rotatable bonds is 5. The number of nitrogens with zero attached hydrogens (tertiary/aromatic N) is 2. The van der Waals surface area contributed by atoms with E-state index in [1.807, 2.05) is 19.0 Å². The third-order valence-corrected chi connectivity index (χ3v) is 3.54. The summed E-state index contributed by atoms with van der Waals surface area (Å²) in [5.74, 6) is -0.399. The van der Waals surface area contributed by atoms with E-state index >= 15 is 0 Å². The first kappa shape index (κ1) is 18.7. The Morgan fingerprint density at radius 1 is 1.12 bits per heavy atom. The van der Waals surface area contributed by atoms with E-state index in [1.54, 1.807) is 18.2 Å². The number of nitrogens with one attached hydrogen (secondary N) is 1. The zero-order valence-electron chi connectivity index (χ0n) is 13.8. The summed E-state index contributed by atoms with van der Waals surface area (Å²) in [7, 11) is 3.64. The van der Waals surface area contributed by atoms with Gasteiger partial charge in [0.05, 0.1) is 17.2 Å². The van der Waals surface area contributed by atoms with Gasteiger partial charge < -0.3 is 10.2 Å².